The number of ether oxygens (including phenoxy) is 1. The van der Waals surface area contributed by atoms with E-state index in [9.17, 15) is 0 Å². The van der Waals surface area contributed by atoms with Gasteiger partial charge in [0.05, 0.1) is 23.3 Å². The molecule has 0 N–H and O–H groups in total. The van der Waals surface area contributed by atoms with Crippen molar-refractivity contribution in [2.45, 2.75) is 0 Å². The molecule has 0 saturated heterocycles. The van der Waals surface area contributed by atoms with Crippen molar-refractivity contribution in [2.75, 3.05) is 0 Å². The highest BCUT2D eigenvalue weighted by Gasteiger charge is 2.02. The van der Waals surface area contributed by atoms with E-state index in [2.05, 4.69) is 22.0 Å². The molecule has 4 heteroatoms. The van der Waals surface area contributed by atoms with E-state index in [1.54, 1.807) is 42.5 Å². The molecule has 86 valence electrons. The lowest BCUT2D eigenvalue weighted by Gasteiger charge is -2.06. The Hall–Kier alpha value is -2.30. The minimum atomic E-state index is 0.521. The monoisotopic (exact) mass is 298 g/mol. The van der Waals surface area contributed by atoms with Crippen molar-refractivity contribution < 1.29 is 4.74 Å². The van der Waals surface area contributed by atoms with Crippen molar-refractivity contribution in [1.82, 2.24) is 0 Å². The number of hydrogen-bond donors (Lipinski definition) is 0. The summed E-state index contributed by atoms with van der Waals surface area (Å²) in [5.74, 6) is 1.20. The number of hydrogen-bond acceptors (Lipinski definition) is 3. The van der Waals surface area contributed by atoms with Crippen LogP contribution in [0, 0.1) is 22.7 Å². The van der Waals surface area contributed by atoms with E-state index in [1.165, 1.54) is 0 Å². The van der Waals surface area contributed by atoms with Gasteiger partial charge in [0.2, 0.25) is 0 Å². The van der Waals surface area contributed by atoms with Gasteiger partial charge in [0.1, 0.15) is 11.5 Å². The summed E-state index contributed by atoms with van der Waals surface area (Å²) >= 11 is 3.32. The van der Waals surface area contributed by atoms with Crippen LogP contribution >= 0.6 is 15.9 Å². The summed E-state index contributed by atoms with van der Waals surface area (Å²) in [5.41, 5.74) is 1.10. The van der Waals surface area contributed by atoms with Crippen LogP contribution < -0.4 is 4.74 Å². The average Bonchev–Trinajstić information content (AvgIpc) is 2.39. The van der Waals surface area contributed by atoms with Crippen LogP contribution in [0.25, 0.3) is 0 Å². The molecule has 0 aliphatic carbocycles. The number of rotatable bonds is 2. The van der Waals surface area contributed by atoms with Crippen molar-refractivity contribution in [3.63, 3.8) is 0 Å². The molecule has 0 spiro atoms. The van der Waals surface area contributed by atoms with Gasteiger partial charge in [-0.25, -0.2) is 0 Å². The molecule has 0 heterocycles. The maximum absolute atomic E-state index is 8.86. The van der Waals surface area contributed by atoms with E-state index in [-0.39, 0.29) is 0 Å². The van der Waals surface area contributed by atoms with E-state index in [0.717, 1.165) is 4.47 Å². The fourth-order valence-corrected chi connectivity index (χ4v) is 1.89. The first kappa shape index (κ1) is 12.2. The van der Waals surface area contributed by atoms with Gasteiger partial charge in [-0.3, -0.25) is 0 Å². The molecule has 0 fully saturated rings. The summed E-state index contributed by atoms with van der Waals surface area (Å²) in [5, 5.41) is 17.5. The van der Waals surface area contributed by atoms with Crippen LogP contribution in [0.4, 0.5) is 0 Å². The van der Waals surface area contributed by atoms with Crippen molar-refractivity contribution in [3.05, 3.63) is 58.1 Å². The summed E-state index contributed by atoms with van der Waals surface area (Å²) in [6.07, 6.45) is 0. The number of halogens is 1. The number of nitriles is 2. The standard InChI is InChI=1S/C14H7BrN2O/c15-12-5-11(9-17)6-14(7-12)18-13-3-1-10(8-16)2-4-13/h1-7H. The van der Waals surface area contributed by atoms with Crippen molar-refractivity contribution >= 4 is 15.9 Å². The predicted octanol–water partition coefficient (Wildman–Crippen LogP) is 3.98. The van der Waals surface area contributed by atoms with Crippen LogP contribution in [0.3, 0.4) is 0 Å². The van der Waals surface area contributed by atoms with Crippen LogP contribution in [0.15, 0.2) is 46.9 Å². The van der Waals surface area contributed by atoms with Gasteiger partial charge >= 0.3 is 0 Å². The van der Waals surface area contributed by atoms with Crippen LogP contribution in [-0.2, 0) is 0 Å². The van der Waals surface area contributed by atoms with Gasteiger partial charge < -0.3 is 4.74 Å². The fourth-order valence-electron chi connectivity index (χ4n) is 1.42. The molecule has 0 bridgehead atoms. The Morgan fingerprint density at radius 1 is 0.833 bits per heavy atom. The molecular weight excluding hydrogens is 292 g/mol. The molecule has 2 aromatic rings. The first-order chi connectivity index (χ1) is 8.71. The van der Waals surface area contributed by atoms with E-state index < -0.39 is 0 Å². The minimum Gasteiger partial charge on any atom is -0.457 e. The molecule has 18 heavy (non-hydrogen) atoms. The molecule has 3 nitrogen and oxygen atoms in total. The zero-order valence-electron chi connectivity index (χ0n) is 9.22. The van der Waals surface area contributed by atoms with Gasteiger partial charge in [0.25, 0.3) is 0 Å². The highest BCUT2D eigenvalue weighted by Crippen LogP contribution is 2.26. The second-order valence-electron chi connectivity index (χ2n) is 3.53. The molecule has 0 aliphatic heterocycles. The molecular formula is C14H7BrN2O. The van der Waals surface area contributed by atoms with Crippen LogP contribution in [0.1, 0.15) is 11.1 Å². The lowest BCUT2D eigenvalue weighted by atomic mass is 10.2. The summed E-state index contributed by atoms with van der Waals surface area (Å²) in [7, 11) is 0. The first-order valence-corrected chi connectivity index (χ1v) is 5.89. The Balaban J connectivity index is 2.26. The molecule has 0 aromatic heterocycles. The Morgan fingerprint density at radius 2 is 1.50 bits per heavy atom. The third kappa shape index (κ3) is 2.88. The Kier molecular flexibility index (Phi) is 3.62. The van der Waals surface area contributed by atoms with Gasteiger partial charge in [0, 0.05) is 4.47 Å². The Bertz CT molecular complexity index is 651. The van der Waals surface area contributed by atoms with Gasteiger partial charge in [-0.1, -0.05) is 15.9 Å². The molecule has 0 radical (unpaired) electrons. The van der Waals surface area contributed by atoms with Gasteiger partial charge in [0.15, 0.2) is 0 Å². The third-order valence-corrected chi connectivity index (χ3v) is 2.68. The largest absolute Gasteiger partial charge is 0.457 e. The molecule has 0 saturated carbocycles. The van der Waals surface area contributed by atoms with E-state index in [4.69, 9.17) is 15.3 Å². The molecule has 0 atom stereocenters. The SMILES string of the molecule is N#Cc1ccc(Oc2cc(Br)cc(C#N)c2)cc1. The number of benzene rings is 2. The summed E-state index contributed by atoms with van der Waals surface area (Å²) in [4.78, 5) is 0. The quantitative estimate of drug-likeness (QED) is 0.842. The topological polar surface area (TPSA) is 56.8 Å². The molecule has 0 aliphatic rings. The van der Waals surface area contributed by atoms with Crippen molar-refractivity contribution in [2.24, 2.45) is 0 Å². The normalized spacial score (nSPS) is 9.28. The summed E-state index contributed by atoms with van der Waals surface area (Å²) in [6.45, 7) is 0. The third-order valence-electron chi connectivity index (χ3n) is 2.22. The zero-order chi connectivity index (χ0) is 13.0. The zero-order valence-corrected chi connectivity index (χ0v) is 10.8. The van der Waals surface area contributed by atoms with E-state index in [1.807, 2.05) is 6.07 Å². The van der Waals surface area contributed by atoms with E-state index in [0.29, 0.717) is 22.6 Å². The van der Waals surface area contributed by atoms with Gasteiger partial charge in [-0.2, -0.15) is 10.5 Å². The summed E-state index contributed by atoms with van der Waals surface area (Å²) < 4.78 is 6.39. The highest BCUT2D eigenvalue weighted by atomic mass is 79.9. The van der Waals surface area contributed by atoms with Gasteiger partial charge in [-0.05, 0) is 42.5 Å². The molecule has 0 amide bonds. The van der Waals surface area contributed by atoms with Crippen LogP contribution in [-0.4, -0.2) is 0 Å². The van der Waals surface area contributed by atoms with Crippen LogP contribution in [0.5, 0.6) is 11.5 Å². The van der Waals surface area contributed by atoms with Crippen molar-refractivity contribution in [1.29, 1.82) is 10.5 Å². The maximum atomic E-state index is 8.86. The molecule has 0 unspecified atom stereocenters. The maximum Gasteiger partial charge on any atom is 0.129 e. The highest BCUT2D eigenvalue weighted by molar-refractivity contribution is 9.10. The fraction of sp³-hybridized carbons (Fsp3) is 0. The van der Waals surface area contributed by atoms with Gasteiger partial charge in [-0.15, -0.1) is 0 Å². The Labute approximate surface area is 113 Å². The van der Waals surface area contributed by atoms with Crippen LogP contribution in [0.2, 0.25) is 0 Å². The van der Waals surface area contributed by atoms with E-state index >= 15 is 0 Å². The second-order valence-corrected chi connectivity index (χ2v) is 4.44. The first-order valence-electron chi connectivity index (χ1n) is 5.10. The smallest absolute Gasteiger partial charge is 0.129 e. The Morgan fingerprint density at radius 3 is 2.11 bits per heavy atom. The minimum absolute atomic E-state index is 0.521. The second kappa shape index (κ2) is 5.35. The van der Waals surface area contributed by atoms with Crippen molar-refractivity contribution in [3.8, 4) is 23.6 Å². The lowest BCUT2D eigenvalue weighted by molar-refractivity contribution is 0.482. The molecule has 2 aromatic carbocycles. The predicted molar refractivity (Wildman–Crippen MR) is 70.1 cm³/mol. The lowest BCUT2D eigenvalue weighted by Crippen LogP contribution is -1.86. The molecule has 2 rings (SSSR count). The summed E-state index contributed by atoms with van der Waals surface area (Å²) in [6, 6.07) is 16.0. The number of nitrogens with zero attached hydrogens (tertiary/aromatic N) is 2. The average molecular weight is 299 g/mol.